The van der Waals surface area contributed by atoms with Crippen LogP contribution in [-0.4, -0.2) is 11.5 Å². The van der Waals surface area contributed by atoms with Gasteiger partial charge in [-0.05, 0) is 41.7 Å². The van der Waals surface area contributed by atoms with Crippen molar-refractivity contribution in [3.63, 3.8) is 0 Å². The molecule has 0 atom stereocenters. The highest BCUT2D eigenvalue weighted by Gasteiger charge is 2.39. The Morgan fingerprint density at radius 2 is 2.17 bits per heavy atom. The first-order valence-electron chi connectivity index (χ1n) is 6.85. The maximum absolute atomic E-state index is 4.18. The van der Waals surface area contributed by atoms with Gasteiger partial charge in [0.25, 0.3) is 0 Å². The molecule has 1 saturated carbocycles. The summed E-state index contributed by atoms with van der Waals surface area (Å²) in [6, 6.07) is 8.56. The fourth-order valence-electron chi connectivity index (χ4n) is 2.64. The molecule has 1 aromatic heterocycles. The van der Waals surface area contributed by atoms with E-state index in [1.54, 1.807) is 0 Å². The van der Waals surface area contributed by atoms with Crippen molar-refractivity contribution >= 4 is 10.8 Å². The standard InChI is InChI=1S/C16H20N2/c1-2-16(7-8-16)12-18-11-14-5-3-4-13-10-17-9-6-15(13)14/h3-6,9-10,18H,2,7-8,11-12H2,1H3. The monoisotopic (exact) mass is 240 g/mol. The van der Waals surface area contributed by atoms with Gasteiger partial charge < -0.3 is 5.32 Å². The van der Waals surface area contributed by atoms with E-state index in [1.807, 2.05) is 12.4 Å². The lowest BCUT2D eigenvalue weighted by atomic mass is 10.0. The molecule has 1 N–H and O–H groups in total. The molecule has 1 aliphatic carbocycles. The molecule has 1 fully saturated rings. The van der Waals surface area contributed by atoms with Crippen LogP contribution in [0, 0.1) is 5.41 Å². The molecule has 0 bridgehead atoms. The molecule has 0 unspecified atom stereocenters. The summed E-state index contributed by atoms with van der Waals surface area (Å²) in [6.07, 6.45) is 7.92. The first kappa shape index (κ1) is 11.7. The first-order valence-corrected chi connectivity index (χ1v) is 6.85. The maximum Gasteiger partial charge on any atom is 0.0346 e. The van der Waals surface area contributed by atoms with Crippen LogP contribution in [0.3, 0.4) is 0 Å². The second kappa shape index (κ2) is 4.69. The zero-order valence-corrected chi connectivity index (χ0v) is 10.9. The highest BCUT2D eigenvalue weighted by atomic mass is 14.9. The summed E-state index contributed by atoms with van der Waals surface area (Å²) in [6.45, 7) is 4.42. The molecule has 1 aromatic carbocycles. The van der Waals surface area contributed by atoms with Crippen LogP contribution < -0.4 is 5.32 Å². The molecule has 0 spiro atoms. The van der Waals surface area contributed by atoms with E-state index in [1.165, 1.54) is 35.6 Å². The first-order chi connectivity index (χ1) is 8.83. The molecule has 3 rings (SSSR count). The van der Waals surface area contributed by atoms with Crippen LogP contribution >= 0.6 is 0 Å². The molecule has 94 valence electrons. The van der Waals surface area contributed by atoms with Gasteiger partial charge in [0.05, 0.1) is 0 Å². The quantitative estimate of drug-likeness (QED) is 0.865. The molecule has 0 amide bonds. The third-order valence-electron chi connectivity index (χ3n) is 4.29. The van der Waals surface area contributed by atoms with Crippen molar-refractivity contribution in [1.29, 1.82) is 0 Å². The van der Waals surface area contributed by atoms with Gasteiger partial charge in [-0.2, -0.15) is 0 Å². The molecular weight excluding hydrogens is 220 g/mol. The van der Waals surface area contributed by atoms with Gasteiger partial charge in [0.1, 0.15) is 0 Å². The van der Waals surface area contributed by atoms with Crippen molar-refractivity contribution < 1.29 is 0 Å². The molecule has 0 aliphatic heterocycles. The van der Waals surface area contributed by atoms with E-state index in [-0.39, 0.29) is 0 Å². The van der Waals surface area contributed by atoms with Gasteiger partial charge in [0.2, 0.25) is 0 Å². The van der Waals surface area contributed by atoms with E-state index in [9.17, 15) is 0 Å². The number of pyridine rings is 1. The van der Waals surface area contributed by atoms with Crippen LogP contribution in [0.5, 0.6) is 0 Å². The van der Waals surface area contributed by atoms with Crippen LogP contribution in [0.1, 0.15) is 31.7 Å². The lowest BCUT2D eigenvalue weighted by molar-refractivity contribution is 0.444. The Morgan fingerprint density at radius 1 is 1.28 bits per heavy atom. The summed E-state index contributed by atoms with van der Waals surface area (Å²) in [5.74, 6) is 0. The molecule has 2 heteroatoms. The minimum absolute atomic E-state index is 0.617. The van der Waals surface area contributed by atoms with Crippen LogP contribution in [0.2, 0.25) is 0 Å². The van der Waals surface area contributed by atoms with Gasteiger partial charge in [-0.15, -0.1) is 0 Å². The molecule has 1 aliphatic rings. The Kier molecular flexibility index (Phi) is 3.04. The third kappa shape index (κ3) is 2.25. The highest BCUT2D eigenvalue weighted by Crippen LogP contribution is 2.47. The van der Waals surface area contributed by atoms with Crippen molar-refractivity contribution in [1.82, 2.24) is 10.3 Å². The van der Waals surface area contributed by atoms with Crippen LogP contribution in [-0.2, 0) is 6.54 Å². The van der Waals surface area contributed by atoms with E-state index in [0.29, 0.717) is 5.41 Å². The van der Waals surface area contributed by atoms with E-state index >= 15 is 0 Å². The van der Waals surface area contributed by atoms with Crippen molar-refractivity contribution in [3.05, 3.63) is 42.2 Å². The van der Waals surface area contributed by atoms with Crippen molar-refractivity contribution in [2.45, 2.75) is 32.7 Å². The highest BCUT2D eigenvalue weighted by molar-refractivity contribution is 5.84. The molecule has 0 radical (unpaired) electrons. The number of benzene rings is 1. The Labute approximate surface area is 108 Å². The summed E-state index contributed by atoms with van der Waals surface area (Å²) in [7, 11) is 0. The van der Waals surface area contributed by atoms with Gasteiger partial charge in [-0.3, -0.25) is 4.98 Å². The average molecular weight is 240 g/mol. The second-order valence-corrected chi connectivity index (χ2v) is 5.47. The van der Waals surface area contributed by atoms with Gasteiger partial charge in [-0.25, -0.2) is 0 Å². The van der Waals surface area contributed by atoms with E-state index in [4.69, 9.17) is 0 Å². The number of nitrogens with one attached hydrogen (secondary N) is 1. The predicted octanol–water partition coefficient (Wildman–Crippen LogP) is 3.51. The second-order valence-electron chi connectivity index (χ2n) is 5.47. The Bertz CT molecular complexity index is 538. The number of hydrogen-bond donors (Lipinski definition) is 1. The van der Waals surface area contributed by atoms with Gasteiger partial charge >= 0.3 is 0 Å². The van der Waals surface area contributed by atoms with E-state index < -0.39 is 0 Å². The predicted molar refractivity (Wildman–Crippen MR) is 75.4 cm³/mol. The molecule has 2 nitrogen and oxygen atoms in total. The minimum atomic E-state index is 0.617. The molecule has 2 aromatic rings. The van der Waals surface area contributed by atoms with Gasteiger partial charge in [0, 0.05) is 30.9 Å². The summed E-state index contributed by atoms with van der Waals surface area (Å²) < 4.78 is 0. The third-order valence-corrected chi connectivity index (χ3v) is 4.29. The van der Waals surface area contributed by atoms with Crippen molar-refractivity contribution in [3.8, 4) is 0 Å². The number of hydrogen-bond acceptors (Lipinski definition) is 2. The number of nitrogens with zero attached hydrogens (tertiary/aromatic N) is 1. The lowest BCUT2D eigenvalue weighted by Crippen LogP contribution is -2.23. The Morgan fingerprint density at radius 3 is 2.94 bits per heavy atom. The summed E-state index contributed by atoms with van der Waals surface area (Å²) >= 11 is 0. The van der Waals surface area contributed by atoms with Gasteiger partial charge in [-0.1, -0.05) is 25.1 Å². The molecule has 1 heterocycles. The van der Waals surface area contributed by atoms with Crippen LogP contribution in [0.25, 0.3) is 10.8 Å². The van der Waals surface area contributed by atoms with E-state index in [2.05, 4.69) is 41.5 Å². The Hall–Kier alpha value is -1.41. The number of rotatable bonds is 5. The lowest BCUT2D eigenvalue weighted by Gasteiger charge is -2.14. The largest absolute Gasteiger partial charge is 0.312 e. The summed E-state index contributed by atoms with van der Waals surface area (Å²) in [5.41, 5.74) is 1.99. The van der Waals surface area contributed by atoms with Crippen LogP contribution in [0.15, 0.2) is 36.7 Å². The topological polar surface area (TPSA) is 24.9 Å². The number of fused-ring (bicyclic) bond motifs is 1. The summed E-state index contributed by atoms with van der Waals surface area (Å²) in [4.78, 5) is 4.18. The zero-order valence-electron chi connectivity index (χ0n) is 10.9. The molecule has 18 heavy (non-hydrogen) atoms. The zero-order chi connectivity index (χ0) is 12.4. The van der Waals surface area contributed by atoms with Crippen molar-refractivity contribution in [2.24, 2.45) is 5.41 Å². The van der Waals surface area contributed by atoms with Gasteiger partial charge in [0.15, 0.2) is 0 Å². The summed E-state index contributed by atoms with van der Waals surface area (Å²) in [5, 5.41) is 6.18. The SMILES string of the molecule is CCC1(CNCc2cccc3cnccc23)CC1. The maximum atomic E-state index is 4.18. The average Bonchev–Trinajstić information content (AvgIpc) is 3.20. The molecule has 0 saturated heterocycles. The Balaban J connectivity index is 1.71. The number of aromatic nitrogens is 1. The minimum Gasteiger partial charge on any atom is -0.312 e. The smallest absolute Gasteiger partial charge is 0.0346 e. The normalized spacial score (nSPS) is 16.9. The fraction of sp³-hybridized carbons (Fsp3) is 0.438. The fourth-order valence-corrected chi connectivity index (χ4v) is 2.64. The van der Waals surface area contributed by atoms with Crippen molar-refractivity contribution in [2.75, 3.05) is 6.54 Å². The molecular formula is C16H20N2. The van der Waals surface area contributed by atoms with E-state index in [0.717, 1.165) is 13.1 Å². The van der Waals surface area contributed by atoms with Crippen LogP contribution in [0.4, 0.5) is 0 Å².